The summed E-state index contributed by atoms with van der Waals surface area (Å²) in [5.41, 5.74) is 0. The van der Waals surface area contributed by atoms with E-state index in [-0.39, 0.29) is 0 Å². The lowest BCUT2D eigenvalue weighted by Gasteiger charge is -2.05. The third-order valence-electron chi connectivity index (χ3n) is 0.993. The Hall–Kier alpha value is 0.200. The summed E-state index contributed by atoms with van der Waals surface area (Å²) in [5.74, 6) is 0. The van der Waals surface area contributed by atoms with Gasteiger partial charge in [0, 0.05) is 13.6 Å². The van der Waals surface area contributed by atoms with Gasteiger partial charge in [0.1, 0.15) is 0 Å². The Kier molecular flexibility index (Phi) is 1.51. The highest BCUT2D eigenvalue weighted by Crippen LogP contribution is 2.02. The predicted octanol–water partition coefficient (Wildman–Crippen LogP) is 0.723. The van der Waals surface area contributed by atoms with Gasteiger partial charge in [-0.3, -0.25) is 4.99 Å². The molecule has 0 aromatic carbocycles. The number of aliphatic imine (C=N–C) groups is 1. The van der Waals surface area contributed by atoms with Gasteiger partial charge < -0.3 is 4.90 Å². The minimum atomic E-state index is 0.981. The average molecular weight is 210 g/mol. The van der Waals surface area contributed by atoms with E-state index in [1.54, 1.807) is 0 Å². The smallest absolute Gasteiger partial charge is 0.162 e. The highest BCUT2D eigenvalue weighted by Gasteiger charge is 2.06. The lowest BCUT2D eigenvalue weighted by molar-refractivity contribution is 0.567. The minimum Gasteiger partial charge on any atom is -0.353 e. The molecule has 40 valence electrons. The van der Waals surface area contributed by atoms with Crippen LogP contribution in [0.15, 0.2) is 4.99 Å². The maximum absolute atomic E-state index is 4.15. The van der Waals surface area contributed by atoms with Gasteiger partial charge in [-0.15, -0.1) is 0 Å². The molecule has 0 radical (unpaired) electrons. The van der Waals surface area contributed by atoms with Crippen LogP contribution < -0.4 is 0 Å². The van der Waals surface area contributed by atoms with Gasteiger partial charge in [-0.25, -0.2) is 0 Å². The summed E-state index contributed by atoms with van der Waals surface area (Å²) >= 11 is 2.23. The molecule has 0 atom stereocenters. The molecule has 0 N–H and O–H groups in total. The summed E-state index contributed by atoms with van der Waals surface area (Å²) in [7, 11) is 2.05. The van der Waals surface area contributed by atoms with Crippen molar-refractivity contribution in [1.29, 1.82) is 0 Å². The molecule has 1 heterocycles. The maximum Gasteiger partial charge on any atom is 0.162 e. The van der Waals surface area contributed by atoms with Gasteiger partial charge in [-0.1, -0.05) is 0 Å². The van der Waals surface area contributed by atoms with Gasteiger partial charge in [-0.05, 0) is 22.6 Å². The van der Waals surface area contributed by atoms with Crippen molar-refractivity contribution in [3.63, 3.8) is 0 Å². The number of nitrogens with zero attached hydrogens (tertiary/aromatic N) is 2. The first-order valence-corrected chi connectivity index (χ1v) is 3.29. The van der Waals surface area contributed by atoms with Crippen molar-refractivity contribution >= 4 is 26.4 Å². The van der Waals surface area contributed by atoms with E-state index in [0.717, 1.165) is 16.9 Å². The number of likely N-dealkylation sites (N-methyl/N-ethyl adjacent to an activating group) is 1. The zero-order chi connectivity index (χ0) is 5.28. The predicted molar refractivity (Wildman–Crippen MR) is 39.0 cm³/mol. The van der Waals surface area contributed by atoms with Crippen LogP contribution in [0.1, 0.15) is 0 Å². The van der Waals surface area contributed by atoms with Crippen molar-refractivity contribution < 1.29 is 0 Å². The molecule has 0 saturated carbocycles. The Bertz CT molecular complexity index is 99.9. The minimum absolute atomic E-state index is 0.981. The molecule has 0 fully saturated rings. The van der Waals surface area contributed by atoms with Crippen molar-refractivity contribution in [2.75, 3.05) is 20.1 Å². The summed E-state index contributed by atoms with van der Waals surface area (Å²) in [5, 5.41) is 0. The second kappa shape index (κ2) is 1.98. The average Bonchev–Trinajstić information content (AvgIpc) is 1.91. The van der Waals surface area contributed by atoms with Crippen LogP contribution in [-0.2, 0) is 0 Å². The molecular formula is C4H7IN2. The molecule has 0 bridgehead atoms. The van der Waals surface area contributed by atoms with Crippen LogP contribution in [0, 0.1) is 0 Å². The zero-order valence-electron chi connectivity index (χ0n) is 4.19. The first-order valence-electron chi connectivity index (χ1n) is 2.22. The van der Waals surface area contributed by atoms with Crippen molar-refractivity contribution in [2.45, 2.75) is 0 Å². The fourth-order valence-electron chi connectivity index (χ4n) is 0.505. The molecule has 1 aliphatic heterocycles. The number of halogens is 1. The van der Waals surface area contributed by atoms with Crippen LogP contribution in [0.4, 0.5) is 0 Å². The van der Waals surface area contributed by atoms with E-state index < -0.39 is 0 Å². The van der Waals surface area contributed by atoms with Gasteiger partial charge in [-0.2, -0.15) is 0 Å². The Labute approximate surface area is 56.7 Å². The van der Waals surface area contributed by atoms with E-state index in [0.29, 0.717) is 0 Å². The fourth-order valence-corrected chi connectivity index (χ4v) is 0.988. The highest BCUT2D eigenvalue weighted by molar-refractivity contribution is 14.1. The van der Waals surface area contributed by atoms with E-state index in [1.165, 1.54) is 0 Å². The highest BCUT2D eigenvalue weighted by atomic mass is 127. The van der Waals surface area contributed by atoms with Crippen LogP contribution in [0.25, 0.3) is 0 Å². The Morgan fingerprint density at radius 2 is 2.57 bits per heavy atom. The SMILES string of the molecule is CN1CCN=C1I. The monoisotopic (exact) mass is 210 g/mol. The van der Waals surface area contributed by atoms with E-state index in [1.807, 2.05) is 0 Å². The maximum atomic E-state index is 4.15. The van der Waals surface area contributed by atoms with Crippen molar-refractivity contribution in [1.82, 2.24) is 4.90 Å². The molecule has 7 heavy (non-hydrogen) atoms. The number of amidine groups is 1. The number of rotatable bonds is 0. The molecule has 3 heteroatoms. The van der Waals surface area contributed by atoms with Gasteiger partial charge in [0.2, 0.25) is 0 Å². The topological polar surface area (TPSA) is 15.6 Å². The lowest BCUT2D eigenvalue weighted by atomic mass is 10.6. The Balaban J connectivity index is 2.54. The van der Waals surface area contributed by atoms with Crippen molar-refractivity contribution in [3.05, 3.63) is 0 Å². The summed E-state index contributed by atoms with van der Waals surface area (Å²) in [6.45, 7) is 2.08. The molecule has 0 amide bonds. The standard InChI is InChI=1S/C4H7IN2/c1-7-3-2-6-4(7)5/h2-3H2,1H3. The third kappa shape index (κ3) is 1.05. The molecule has 0 aromatic rings. The molecule has 0 aliphatic carbocycles. The van der Waals surface area contributed by atoms with Gasteiger partial charge in [0.25, 0.3) is 0 Å². The Morgan fingerprint density at radius 1 is 1.86 bits per heavy atom. The summed E-state index contributed by atoms with van der Waals surface area (Å²) in [6.07, 6.45) is 0. The first-order chi connectivity index (χ1) is 3.30. The lowest BCUT2D eigenvalue weighted by Crippen LogP contribution is -2.16. The molecule has 0 unspecified atom stereocenters. The quantitative estimate of drug-likeness (QED) is 0.425. The normalized spacial score (nSPS) is 20.3. The second-order valence-corrected chi connectivity index (χ2v) is 2.54. The molecule has 1 rings (SSSR count). The first kappa shape index (κ1) is 5.34. The molecule has 0 spiro atoms. The molecule has 0 saturated heterocycles. The molecule has 0 aromatic heterocycles. The van der Waals surface area contributed by atoms with Gasteiger partial charge >= 0.3 is 0 Å². The van der Waals surface area contributed by atoms with Crippen molar-refractivity contribution in [3.8, 4) is 0 Å². The third-order valence-corrected chi connectivity index (χ3v) is 2.16. The van der Waals surface area contributed by atoms with E-state index in [2.05, 4.69) is 39.5 Å². The number of hydrogen-bond acceptors (Lipinski definition) is 2. The van der Waals surface area contributed by atoms with Crippen molar-refractivity contribution in [2.24, 2.45) is 4.99 Å². The van der Waals surface area contributed by atoms with Gasteiger partial charge in [0.05, 0.1) is 6.54 Å². The Morgan fingerprint density at radius 3 is 2.71 bits per heavy atom. The van der Waals surface area contributed by atoms with Crippen LogP contribution in [0.2, 0.25) is 0 Å². The number of hydrogen-bond donors (Lipinski definition) is 0. The van der Waals surface area contributed by atoms with E-state index in [4.69, 9.17) is 0 Å². The summed E-state index contributed by atoms with van der Waals surface area (Å²) in [6, 6.07) is 0. The molecule has 1 aliphatic rings. The van der Waals surface area contributed by atoms with Crippen LogP contribution in [0.3, 0.4) is 0 Å². The van der Waals surface area contributed by atoms with Crippen LogP contribution >= 0.6 is 22.6 Å². The van der Waals surface area contributed by atoms with Crippen LogP contribution in [-0.4, -0.2) is 28.9 Å². The van der Waals surface area contributed by atoms with E-state index in [9.17, 15) is 0 Å². The second-order valence-electron chi connectivity index (χ2n) is 1.57. The largest absolute Gasteiger partial charge is 0.353 e. The van der Waals surface area contributed by atoms with Gasteiger partial charge in [0.15, 0.2) is 3.84 Å². The van der Waals surface area contributed by atoms with Crippen LogP contribution in [0.5, 0.6) is 0 Å². The molecular weight excluding hydrogens is 203 g/mol. The summed E-state index contributed by atoms with van der Waals surface area (Å²) < 4.78 is 1.14. The fraction of sp³-hybridized carbons (Fsp3) is 0.750. The summed E-state index contributed by atoms with van der Waals surface area (Å²) in [4.78, 5) is 6.29. The zero-order valence-corrected chi connectivity index (χ0v) is 6.34. The van der Waals surface area contributed by atoms with E-state index >= 15 is 0 Å². The molecule has 2 nitrogen and oxygen atoms in total.